The topological polar surface area (TPSA) is 26.3 Å². The molecule has 0 bridgehead atoms. The zero-order valence-electron chi connectivity index (χ0n) is 9.13. The molecule has 1 rings (SSSR count). The van der Waals surface area contributed by atoms with E-state index >= 15 is 0 Å². The Hall–Kier alpha value is -0.240. The molecule has 0 saturated heterocycles. The van der Waals surface area contributed by atoms with Crippen molar-refractivity contribution < 1.29 is 9.53 Å². The number of hydrogen-bond donors (Lipinski definition) is 0. The second-order valence-corrected chi connectivity index (χ2v) is 5.03. The maximum absolute atomic E-state index is 10.7. The minimum Gasteiger partial charge on any atom is -0.450 e. The molecule has 1 fully saturated rings. The number of ether oxygens (including phenoxy) is 1. The van der Waals surface area contributed by atoms with Gasteiger partial charge in [-0.3, -0.25) is 0 Å². The summed E-state index contributed by atoms with van der Waals surface area (Å²) < 4.78 is 5.16. The van der Waals surface area contributed by atoms with Crippen molar-refractivity contribution in [3.05, 3.63) is 0 Å². The second kappa shape index (κ2) is 5.01. The van der Waals surface area contributed by atoms with Crippen LogP contribution >= 0.6 is 11.6 Å². The summed E-state index contributed by atoms with van der Waals surface area (Å²) in [6.07, 6.45) is 3.37. The number of hydrogen-bond acceptors (Lipinski definition) is 2. The molecule has 1 aliphatic carbocycles. The zero-order valence-corrected chi connectivity index (χ0v) is 9.88. The fourth-order valence-corrected chi connectivity index (χ4v) is 2.48. The lowest BCUT2D eigenvalue weighted by molar-refractivity contribution is 0.0179. The molecule has 0 amide bonds. The zero-order chi connectivity index (χ0) is 10.7. The molecule has 1 aliphatic rings. The largest absolute Gasteiger partial charge is 0.450 e. The Bertz CT molecular complexity index is 203. The van der Waals surface area contributed by atoms with Crippen molar-refractivity contribution in [2.45, 2.75) is 46.1 Å². The van der Waals surface area contributed by atoms with Crippen LogP contribution in [-0.2, 0) is 4.74 Å². The summed E-state index contributed by atoms with van der Waals surface area (Å²) in [5.74, 6) is 1.68. The van der Waals surface area contributed by atoms with Gasteiger partial charge in [-0.05, 0) is 30.6 Å². The summed E-state index contributed by atoms with van der Waals surface area (Å²) in [6, 6.07) is 0. The van der Waals surface area contributed by atoms with E-state index < -0.39 is 5.43 Å². The molecule has 0 aliphatic heterocycles. The van der Waals surface area contributed by atoms with Crippen LogP contribution < -0.4 is 0 Å². The van der Waals surface area contributed by atoms with Crippen LogP contribution in [0.3, 0.4) is 0 Å². The van der Waals surface area contributed by atoms with Crippen molar-refractivity contribution in [3.63, 3.8) is 0 Å². The van der Waals surface area contributed by atoms with E-state index in [1.54, 1.807) is 0 Å². The van der Waals surface area contributed by atoms with Crippen molar-refractivity contribution >= 4 is 17.0 Å². The van der Waals surface area contributed by atoms with Crippen molar-refractivity contribution in [3.8, 4) is 0 Å². The maximum atomic E-state index is 10.7. The van der Waals surface area contributed by atoms with E-state index in [2.05, 4.69) is 20.8 Å². The van der Waals surface area contributed by atoms with Gasteiger partial charge in [0.2, 0.25) is 0 Å². The molecule has 82 valence electrons. The average molecular weight is 219 g/mol. The van der Waals surface area contributed by atoms with Crippen LogP contribution in [0.15, 0.2) is 0 Å². The highest BCUT2D eigenvalue weighted by molar-refractivity contribution is 6.61. The Morgan fingerprint density at radius 2 is 2.07 bits per heavy atom. The number of carbonyl (C=O) groups excluding carboxylic acids is 1. The number of rotatable bonds is 2. The van der Waals surface area contributed by atoms with Crippen LogP contribution in [0, 0.1) is 17.8 Å². The molecule has 14 heavy (non-hydrogen) atoms. The van der Waals surface area contributed by atoms with E-state index in [0.29, 0.717) is 17.8 Å². The van der Waals surface area contributed by atoms with Crippen LogP contribution in [0.2, 0.25) is 0 Å². The third kappa shape index (κ3) is 3.16. The Labute approximate surface area is 91.0 Å². The Balaban J connectivity index is 2.58. The third-order valence-corrected chi connectivity index (χ3v) is 3.29. The predicted octanol–water partition coefficient (Wildman–Crippen LogP) is 3.82. The van der Waals surface area contributed by atoms with E-state index in [1.165, 1.54) is 6.42 Å². The Kier molecular flexibility index (Phi) is 4.24. The van der Waals surface area contributed by atoms with Gasteiger partial charge in [-0.15, -0.1) is 0 Å². The van der Waals surface area contributed by atoms with Gasteiger partial charge in [-0.2, -0.15) is 0 Å². The Morgan fingerprint density at radius 1 is 1.43 bits per heavy atom. The molecule has 0 aromatic carbocycles. The summed E-state index contributed by atoms with van der Waals surface area (Å²) in [7, 11) is 0. The minimum atomic E-state index is -0.658. The highest BCUT2D eigenvalue weighted by atomic mass is 35.5. The maximum Gasteiger partial charge on any atom is 0.404 e. The summed E-state index contributed by atoms with van der Waals surface area (Å²) in [5.41, 5.74) is -0.658. The van der Waals surface area contributed by atoms with E-state index in [1.807, 2.05) is 0 Å². The lowest BCUT2D eigenvalue weighted by atomic mass is 9.75. The van der Waals surface area contributed by atoms with Gasteiger partial charge in [0.1, 0.15) is 6.10 Å². The van der Waals surface area contributed by atoms with Crippen molar-refractivity contribution in [1.82, 2.24) is 0 Å². The normalized spacial score (nSPS) is 33.1. The van der Waals surface area contributed by atoms with Gasteiger partial charge in [0.05, 0.1) is 0 Å². The highest BCUT2D eigenvalue weighted by Gasteiger charge is 2.32. The molecule has 0 radical (unpaired) electrons. The molecule has 0 heterocycles. The van der Waals surface area contributed by atoms with Crippen molar-refractivity contribution in [2.24, 2.45) is 17.8 Å². The molecular formula is C11H19ClO2. The fourth-order valence-electron chi connectivity index (χ4n) is 2.37. The fraction of sp³-hybridized carbons (Fsp3) is 0.909. The molecule has 1 saturated carbocycles. The van der Waals surface area contributed by atoms with Gasteiger partial charge in [0, 0.05) is 11.6 Å². The smallest absolute Gasteiger partial charge is 0.404 e. The van der Waals surface area contributed by atoms with Crippen LogP contribution in [0.1, 0.15) is 40.0 Å². The molecular weight excluding hydrogens is 200 g/mol. The molecule has 0 aromatic heterocycles. The van der Waals surface area contributed by atoms with Crippen LogP contribution in [0.25, 0.3) is 0 Å². The molecule has 2 nitrogen and oxygen atoms in total. The molecule has 0 aromatic rings. The Morgan fingerprint density at radius 3 is 2.57 bits per heavy atom. The quantitative estimate of drug-likeness (QED) is 0.659. The van der Waals surface area contributed by atoms with Gasteiger partial charge in [-0.25, -0.2) is 4.79 Å². The van der Waals surface area contributed by atoms with Crippen LogP contribution in [0.4, 0.5) is 4.79 Å². The van der Waals surface area contributed by atoms with Crippen LogP contribution in [0.5, 0.6) is 0 Å². The SMILES string of the molecule is CC1CC[C@@H](C(C)C)[C@@H](OC(=O)Cl)C1. The number of halogens is 1. The van der Waals surface area contributed by atoms with Crippen molar-refractivity contribution in [2.75, 3.05) is 0 Å². The van der Waals surface area contributed by atoms with Gasteiger partial charge in [0.15, 0.2) is 0 Å². The molecule has 3 heteroatoms. The molecule has 0 spiro atoms. The lowest BCUT2D eigenvalue weighted by Crippen LogP contribution is -2.34. The monoisotopic (exact) mass is 218 g/mol. The van der Waals surface area contributed by atoms with Crippen LogP contribution in [-0.4, -0.2) is 11.5 Å². The summed E-state index contributed by atoms with van der Waals surface area (Å²) in [6.45, 7) is 6.55. The van der Waals surface area contributed by atoms with Crippen molar-refractivity contribution in [1.29, 1.82) is 0 Å². The standard InChI is InChI=1S/C11H19ClO2/c1-7(2)9-5-4-8(3)6-10(9)14-11(12)13/h7-10H,4-6H2,1-3H3/t8?,9-,10-/m0/s1. The third-order valence-electron chi connectivity index (χ3n) is 3.21. The number of carbonyl (C=O) groups is 1. The minimum absolute atomic E-state index is 0.0312. The first-order valence-electron chi connectivity index (χ1n) is 5.36. The first-order chi connectivity index (χ1) is 6.50. The van der Waals surface area contributed by atoms with E-state index in [4.69, 9.17) is 16.3 Å². The summed E-state index contributed by atoms with van der Waals surface area (Å²) in [5, 5.41) is 0. The molecule has 1 unspecified atom stereocenters. The predicted molar refractivity (Wildman–Crippen MR) is 57.5 cm³/mol. The van der Waals surface area contributed by atoms with Gasteiger partial charge in [0.25, 0.3) is 0 Å². The first kappa shape index (κ1) is 11.8. The summed E-state index contributed by atoms with van der Waals surface area (Å²) >= 11 is 5.27. The van der Waals surface area contributed by atoms with Gasteiger partial charge in [-0.1, -0.05) is 27.2 Å². The van der Waals surface area contributed by atoms with Gasteiger partial charge >= 0.3 is 5.43 Å². The van der Waals surface area contributed by atoms with Gasteiger partial charge < -0.3 is 4.74 Å². The van der Waals surface area contributed by atoms with E-state index in [0.717, 1.165) is 12.8 Å². The lowest BCUT2D eigenvalue weighted by Gasteiger charge is -2.36. The first-order valence-corrected chi connectivity index (χ1v) is 5.74. The van der Waals surface area contributed by atoms with E-state index in [-0.39, 0.29) is 6.10 Å². The average Bonchev–Trinajstić information content (AvgIpc) is 2.01. The molecule has 3 atom stereocenters. The summed E-state index contributed by atoms with van der Waals surface area (Å²) in [4.78, 5) is 10.7. The highest BCUT2D eigenvalue weighted by Crippen LogP contribution is 2.35. The van der Waals surface area contributed by atoms with E-state index in [9.17, 15) is 4.79 Å². The molecule has 0 N–H and O–H groups in total. The second-order valence-electron chi connectivity index (χ2n) is 4.72.